The fourth-order valence-electron chi connectivity index (χ4n) is 2.28. The summed E-state index contributed by atoms with van der Waals surface area (Å²) in [6.07, 6.45) is 0. The van der Waals surface area contributed by atoms with E-state index >= 15 is 0 Å². The first kappa shape index (κ1) is 13.1. The van der Waals surface area contributed by atoms with E-state index < -0.39 is 0 Å². The van der Waals surface area contributed by atoms with Crippen molar-refractivity contribution in [3.63, 3.8) is 0 Å². The van der Waals surface area contributed by atoms with Gasteiger partial charge in [0, 0.05) is 24.9 Å². The molecule has 0 atom stereocenters. The van der Waals surface area contributed by atoms with Gasteiger partial charge in [0.15, 0.2) is 11.5 Å². The lowest BCUT2D eigenvalue weighted by Gasteiger charge is -2.25. The molecular formula is C16H15N3O2. The van der Waals surface area contributed by atoms with Crippen molar-refractivity contribution in [2.24, 2.45) is 0 Å². The smallest absolute Gasteiger partial charge is 0.163 e. The van der Waals surface area contributed by atoms with E-state index in [4.69, 9.17) is 20.5 Å². The fraction of sp³-hybridized carbons (Fsp3) is 0.188. The first-order chi connectivity index (χ1) is 10.2. The molecule has 1 aliphatic rings. The van der Waals surface area contributed by atoms with Crippen molar-refractivity contribution in [2.75, 3.05) is 30.9 Å². The Labute approximate surface area is 123 Å². The van der Waals surface area contributed by atoms with E-state index in [1.165, 1.54) is 0 Å². The van der Waals surface area contributed by atoms with Crippen molar-refractivity contribution < 1.29 is 9.47 Å². The third-order valence-electron chi connectivity index (χ3n) is 3.44. The van der Waals surface area contributed by atoms with Gasteiger partial charge >= 0.3 is 0 Å². The number of nitrogen functional groups attached to an aromatic ring is 1. The second kappa shape index (κ2) is 5.25. The molecule has 0 unspecified atom stereocenters. The maximum absolute atomic E-state index is 8.85. The van der Waals surface area contributed by atoms with Crippen LogP contribution in [0.4, 0.5) is 17.1 Å². The van der Waals surface area contributed by atoms with E-state index in [9.17, 15) is 0 Å². The summed E-state index contributed by atoms with van der Waals surface area (Å²) >= 11 is 0. The zero-order valence-corrected chi connectivity index (χ0v) is 11.7. The third kappa shape index (κ3) is 2.43. The number of rotatable bonds is 2. The number of fused-ring (bicyclic) bond motifs is 1. The molecule has 1 aliphatic heterocycles. The summed E-state index contributed by atoms with van der Waals surface area (Å²) in [5, 5.41) is 8.85. The summed E-state index contributed by atoms with van der Waals surface area (Å²) in [5.41, 5.74) is 9.13. The highest BCUT2D eigenvalue weighted by atomic mass is 16.6. The number of ether oxygens (including phenoxy) is 2. The van der Waals surface area contributed by atoms with Crippen molar-refractivity contribution in [3.05, 3.63) is 42.0 Å². The van der Waals surface area contributed by atoms with Gasteiger partial charge in [0.1, 0.15) is 13.2 Å². The quantitative estimate of drug-likeness (QED) is 0.857. The standard InChI is InChI=1S/C16H15N3O2/c1-19(12-4-2-11(10-17)3-5-12)14-9-16-15(8-13(14)18)20-6-7-21-16/h2-5,8-9H,6-7,18H2,1H3. The molecule has 2 N–H and O–H groups in total. The minimum absolute atomic E-state index is 0.539. The SMILES string of the molecule is CN(c1ccc(C#N)cc1)c1cc2c(cc1N)OCCO2. The zero-order valence-electron chi connectivity index (χ0n) is 11.7. The molecule has 5 nitrogen and oxygen atoms in total. The van der Waals surface area contributed by atoms with Crippen molar-refractivity contribution in [1.82, 2.24) is 0 Å². The molecule has 2 aromatic carbocycles. The largest absolute Gasteiger partial charge is 0.486 e. The summed E-state index contributed by atoms with van der Waals surface area (Å²) in [7, 11) is 1.92. The van der Waals surface area contributed by atoms with Gasteiger partial charge in [-0.2, -0.15) is 5.26 Å². The van der Waals surface area contributed by atoms with E-state index in [1.807, 2.05) is 30.1 Å². The van der Waals surface area contributed by atoms with Crippen LogP contribution in [0.25, 0.3) is 0 Å². The molecule has 0 fully saturated rings. The van der Waals surface area contributed by atoms with E-state index in [1.54, 1.807) is 18.2 Å². The molecule has 0 aromatic heterocycles. The van der Waals surface area contributed by atoms with Crippen molar-refractivity contribution in [1.29, 1.82) is 5.26 Å². The molecule has 0 radical (unpaired) electrons. The highest BCUT2D eigenvalue weighted by molar-refractivity contribution is 5.78. The van der Waals surface area contributed by atoms with Gasteiger partial charge < -0.3 is 20.1 Å². The van der Waals surface area contributed by atoms with Gasteiger partial charge in [-0.25, -0.2) is 0 Å². The Bertz CT molecular complexity index is 705. The van der Waals surface area contributed by atoms with Gasteiger partial charge in [0.2, 0.25) is 0 Å². The van der Waals surface area contributed by atoms with Gasteiger partial charge in [0.05, 0.1) is 23.0 Å². The Morgan fingerprint density at radius 1 is 1.10 bits per heavy atom. The maximum Gasteiger partial charge on any atom is 0.163 e. The van der Waals surface area contributed by atoms with E-state index in [-0.39, 0.29) is 0 Å². The van der Waals surface area contributed by atoms with Gasteiger partial charge in [-0.15, -0.1) is 0 Å². The first-order valence-corrected chi connectivity index (χ1v) is 6.62. The van der Waals surface area contributed by atoms with Gasteiger partial charge in [-0.1, -0.05) is 0 Å². The summed E-state index contributed by atoms with van der Waals surface area (Å²) in [6, 6.07) is 13.1. The van der Waals surface area contributed by atoms with Gasteiger partial charge in [0.25, 0.3) is 0 Å². The van der Waals surface area contributed by atoms with Crippen molar-refractivity contribution in [3.8, 4) is 17.6 Å². The second-order valence-electron chi connectivity index (χ2n) is 4.77. The lowest BCUT2D eigenvalue weighted by molar-refractivity contribution is 0.172. The molecular weight excluding hydrogens is 266 g/mol. The topological polar surface area (TPSA) is 71.5 Å². The average Bonchev–Trinajstić information content (AvgIpc) is 2.53. The molecule has 5 heteroatoms. The fourth-order valence-corrected chi connectivity index (χ4v) is 2.28. The summed E-state index contributed by atoms with van der Waals surface area (Å²) in [6.45, 7) is 1.08. The number of benzene rings is 2. The molecule has 3 rings (SSSR count). The molecule has 0 aliphatic carbocycles. The number of hydrogen-bond donors (Lipinski definition) is 1. The molecule has 106 valence electrons. The minimum atomic E-state index is 0.539. The van der Waals surface area contributed by atoms with E-state index in [0.717, 1.165) is 11.4 Å². The number of nitrogens with zero attached hydrogens (tertiary/aromatic N) is 2. The number of hydrogen-bond acceptors (Lipinski definition) is 5. The molecule has 0 saturated heterocycles. The highest BCUT2D eigenvalue weighted by Crippen LogP contribution is 2.40. The Balaban J connectivity index is 1.96. The lowest BCUT2D eigenvalue weighted by Crippen LogP contribution is -2.17. The monoisotopic (exact) mass is 281 g/mol. The van der Waals surface area contributed by atoms with Crippen LogP contribution < -0.4 is 20.1 Å². The Hall–Kier alpha value is -2.87. The Kier molecular flexibility index (Phi) is 3.28. The van der Waals surface area contributed by atoms with E-state index in [0.29, 0.717) is 36.0 Å². The maximum atomic E-state index is 8.85. The van der Waals surface area contributed by atoms with Crippen LogP contribution in [0.15, 0.2) is 36.4 Å². The first-order valence-electron chi connectivity index (χ1n) is 6.62. The molecule has 21 heavy (non-hydrogen) atoms. The predicted molar refractivity (Wildman–Crippen MR) is 81.1 cm³/mol. The van der Waals surface area contributed by atoms with E-state index in [2.05, 4.69) is 6.07 Å². The Morgan fingerprint density at radius 3 is 2.33 bits per heavy atom. The van der Waals surface area contributed by atoms with Crippen LogP contribution in [0.1, 0.15) is 5.56 Å². The second-order valence-corrected chi connectivity index (χ2v) is 4.77. The molecule has 0 bridgehead atoms. The van der Waals surface area contributed by atoms with Crippen molar-refractivity contribution >= 4 is 17.1 Å². The normalized spacial score (nSPS) is 12.6. The number of nitriles is 1. The van der Waals surface area contributed by atoms with Crippen LogP contribution in [0, 0.1) is 11.3 Å². The minimum Gasteiger partial charge on any atom is -0.486 e. The van der Waals surface area contributed by atoms with Gasteiger partial charge in [-0.05, 0) is 24.3 Å². The van der Waals surface area contributed by atoms with Crippen molar-refractivity contribution in [2.45, 2.75) is 0 Å². The van der Waals surface area contributed by atoms with Crippen LogP contribution in [-0.4, -0.2) is 20.3 Å². The number of anilines is 3. The highest BCUT2D eigenvalue weighted by Gasteiger charge is 2.17. The van der Waals surface area contributed by atoms with Crippen LogP contribution >= 0.6 is 0 Å². The Morgan fingerprint density at radius 2 is 1.71 bits per heavy atom. The summed E-state index contributed by atoms with van der Waals surface area (Å²) in [4.78, 5) is 1.95. The molecule has 0 amide bonds. The lowest BCUT2D eigenvalue weighted by atomic mass is 10.1. The van der Waals surface area contributed by atoms with Crippen LogP contribution in [0.3, 0.4) is 0 Å². The summed E-state index contributed by atoms with van der Waals surface area (Å²) < 4.78 is 11.1. The van der Waals surface area contributed by atoms with Crippen LogP contribution in [-0.2, 0) is 0 Å². The average molecular weight is 281 g/mol. The van der Waals surface area contributed by atoms with Gasteiger partial charge in [-0.3, -0.25) is 0 Å². The third-order valence-corrected chi connectivity index (χ3v) is 3.44. The van der Waals surface area contributed by atoms with Crippen LogP contribution in [0.2, 0.25) is 0 Å². The summed E-state index contributed by atoms with van der Waals surface area (Å²) in [5.74, 6) is 1.38. The zero-order chi connectivity index (χ0) is 14.8. The molecule has 0 saturated carbocycles. The molecule has 2 aromatic rings. The predicted octanol–water partition coefficient (Wildman–Crippen LogP) is 2.68. The molecule has 0 spiro atoms. The molecule has 1 heterocycles. The van der Waals surface area contributed by atoms with Crippen LogP contribution in [0.5, 0.6) is 11.5 Å². The number of nitrogens with two attached hydrogens (primary N) is 1.